The van der Waals surface area contributed by atoms with E-state index in [4.69, 9.17) is 11.6 Å². The van der Waals surface area contributed by atoms with Gasteiger partial charge in [0.1, 0.15) is 5.82 Å². The van der Waals surface area contributed by atoms with E-state index in [1.165, 1.54) is 23.9 Å². The molecule has 0 amide bonds. The summed E-state index contributed by atoms with van der Waals surface area (Å²) in [6.45, 7) is 8.35. The molecule has 0 fully saturated rings. The van der Waals surface area contributed by atoms with Crippen LogP contribution in [0.25, 0.3) is 22.2 Å². The predicted octanol–water partition coefficient (Wildman–Crippen LogP) is 6.32. The summed E-state index contributed by atoms with van der Waals surface area (Å²) in [6.07, 6.45) is 1.76. The van der Waals surface area contributed by atoms with Crippen LogP contribution in [0.3, 0.4) is 0 Å². The molecule has 0 bridgehead atoms. The van der Waals surface area contributed by atoms with Crippen LogP contribution in [0.5, 0.6) is 0 Å². The summed E-state index contributed by atoms with van der Waals surface area (Å²) >= 11 is 7.75. The molecule has 0 spiro atoms. The Labute approximate surface area is 161 Å². The zero-order valence-corrected chi connectivity index (χ0v) is 17.0. The number of benzene rings is 2. The summed E-state index contributed by atoms with van der Waals surface area (Å²) < 4.78 is 14.0. The Kier molecular flexibility index (Phi) is 4.93. The molecule has 2 aromatic carbocycles. The molecule has 3 rings (SSSR count). The summed E-state index contributed by atoms with van der Waals surface area (Å²) in [5, 5.41) is 1.05. The molecule has 0 aliphatic carbocycles. The summed E-state index contributed by atoms with van der Waals surface area (Å²) in [4.78, 5) is 16.3. The van der Waals surface area contributed by atoms with Gasteiger partial charge in [-0.3, -0.25) is 4.79 Å². The van der Waals surface area contributed by atoms with Crippen LogP contribution in [0.15, 0.2) is 40.0 Å². The number of H-pyrrole nitrogens is 1. The number of rotatable bonds is 2. The molecule has 0 aliphatic heterocycles. The average molecular weight is 390 g/mol. The molecule has 1 heterocycles. The maximum Gasteiger partial charge on any atom is 0.191 e. The lowest BCUT2D eigenvalue weighted by Crippen LogP contribution is -2.12. The highest BCUT2D eigenvalue weighted by Gasteiger charge is 2.20. The molecule has 26 heavy (non-hydrogen) atoms. The van der Waals surface area contributed by atoms with Crippen molar-refractivity contribution in [1.29, 1.82) is 0 Å². The van der Waals surface area contributed by atoms with Gasteiger partial charge in [0.15, 0.2) is 5.43 Å². The largest absolute Gasteiger partial charge is 0.354 e. The van der Waals surface area contributed by atoms with E-state index in [0.717, 1.165) is 16.7 Å². The number of nitrogens with one attached hydrogen (secondary N) is 1. The third-order valence-electron chi connectivity index (χ3n) is 4.52. The van der Waals surface area contributed by atoms with Gasteiger partial charge in [-0.1, -0.05) is 38.4 Å². The Morgan fingerprint density at radius 3 is 2.46 bits per heavy atom. The maximum atomic E-state index is 14.0. The topological polar surface area (TPSA) is 32.9 Å². The van der Waals surface area contributed by atoms with Crippen molar-refractivity contribution in [2.24, 2.45) is 0 Å². The minimum Gasteiger partial charge on any atom is -0.354 e. The van der Waals surface area contributed by atoms with Crippen LogP contribution < -0.4 is 5.43 Å². The number of aryl methyl sites for hydroxylation is 1. The van der Waals surface area contributed by atoms with Crippen molar-refractivity contribution in [3.63, 3.8) is 0 Å². The monoisotopic (exact) mass is 389 g/mol. The average Bonchev–Trinajstić information content (AvgIpc) is 2.55. The number of hydrogen-bond donors (Lipinski definition) is 1. The van der Waals surface area contributed by atoms with Crippen LogP contribution in [-0.2, 0) is 5.41 Å². The number of hydrogen-bond acceptors (Lipinski definition) is 2. The third-order valence-corrected chi connectivity index (χ3v) is 5.64. The molecular weight excluding hydrogens is 369 g/mol. The van der Waals surface area contributed by atoms with Gasteiger partial charge >= 0.3 is 0 Å². The molecule has 136 valence electrons. The van der Waals surface area contributed by atoms with E-state index in [0.29, 0.717) is 26.5 Å². The number of aromatic amines is 1. The quantitative estimate of drug-likeness (QED) is 0.520. The number of aromatic nitrogens is 1. The van der Waals surface area contributed by atoms with E-state index >= 15 is 0 Å². The lowest BCUT2D eigenvalue weighted by molar-refractivity contribution is 0.590. The fraction of sp³-hybridized carbons (Fsp3) is 0.286. The Bertz CT molecular complexity index is 1070. The molecule has 2 nitrogen and oxygen atoms in total. The van der Waals surface area contributed by atoms with Gasteiger partial charge in [-0.15, -0.1) is 11.8 Å². The van der Waals surface area contributed by atoms with Crippen molar-refractivity contribution < 1.29 is 4.39 Å². The minimum atomic E-state index is -0.378. The molecule has 3 aromatic rings. The number of halogens is 2. The number of thioether (sulfide) groups is 1. The normalized spacial score (nSPS) is 12.0. The van der Waals surface area contributed by atoms with Crippen molar-refractivity contribution in [3.8, 4) is 11.3 Å². The van der Waals surface area contributed by atoms with Gasteiger partial charge < -0.3 is 4.98 Å². The molecule has 0 unspecified atom stereocenters. The van der Waals surface area contributed by atoms with Crippen LogP contribution in [0.2, 0.25) is 5.02 Å². The summed E-state index contributed by atoms with van der Waals surface area (Å²) in [5.74, 6) is -0.378. The summed E-state index contributed by atoms with van der Waals surface area (Å²) in [5.41, 5.74) is 4.00. The zero-order chi connectivity index (χ0) is 19.2. The van der Waals surface area contributed by atoms with Gasteiger partial charge in [0.25, 0.3) is 0 Å². The highest BCUT2D eigenvalue weighted by atomic mass is 35.5. The Hall–Kier alpha value is -1.78. The van der Waals surface area contributed by atoms with Gasteiger partial charge in [0, 0.05) is 16.7 Å². The molecule has 0 atom stereocenters. The lowest BCUT2D eigenvalue weighted by atomic mass is 9.85. The fourth-order valence-electron chi connectivity index (χ4n) is 3.18. The van der Waals surface area contributed by atoms with Gasteiger partial charge in [-0.05, 0) is 47.9 Å². The molecule has 0 aliphatic rings. The van der Waals surface area contributed by atoms with Crippen molar-refractivity contribution in [2.45, 2.75) is 38.0 Å². The van der Waals surface area contributed by atoms with Crippen LogP contribution in [-0.4, -0.2) is 11.2 Å². The second kappa shape index (κ2) is 6.75. The van der Waals surface area contributed by atoms with Crippen LogP contribution >= 0.6 is 23.4 Å². The predicted molar refractivity (Wildman–Crippen MR) is 110 cm³/mol. The first kappa shape index (κ1) is 19.0. The van der Waals surface area contributed by atoms with E-state index in [9.17, 15) is 9.18 Å². The highest BCUT2D eigenvalue weighted by Crippen LogP contribution is 2.35. The van der Waals surface area contributed by atoms with Crippen LogP contribution in [0, 0.1) is 12.7 Å². The van der Waals surface area contributed by atoms with E-state index in [1.54, 1.807) is 12.3 Å². The molecule has 1 aromatic heterocycles. The Balaban J connectivity index is 2.26. The van der Waals surface area contributed by atoms with Crippen molar-refractivity contribution in [3.05, 3.63) is 62.5 Å². The molecular formula is C21H21ClFNOS. The van der Waals surface area contributed by atoms with Gasteiger partial charge in [-0.25, -0.2) is 4.39 Å². The molecule has 0 radical (unpaired) electrons. The molecule has 5 heteroatoms. The fourth-order valence-corrected chi connectivity index (χ4v) is 4.31. The number of pyridine rings is 1. The second-order valence-corrected chi connectivity index (χ2v) is 8.67. The Morgan fingerprint density at radius 1 is 1.15 bits per heavy atom. The van der Waals surface area contributed by atoms with Gasteiger partial charge in [0.2, 0.25) is 0 Å². The molecule has 1 N–H and O–H groups in total. The Morgan fingerprint density at radius 2 is 1.85 bits per heavy atom. The SMILES string of the molecule is CSc1c(F)ccc2[nH]c(-c3cc(Cl)c(C(C)(C)C)cc3C)cc(=O)c12. The number of fused-ring (bicyclic) bond motifs is 1. The van der Waals surface area contributed by atoms with E-state index in [2.05, 4.69) is 31.8 Å². The van der Waals surface area contributed by atoms with E-state index in [1.807, 2.05) is 13.0 Å². The smallest absolute Gasteiger partial charge is 0.191 e. The van der Waals surface area contributed by atoms with Crippen LogP contribution in [0.1, 0.15) is 31.9 Å². The van der Waals surface area contributed by atoms with Crippen LogP contribution in [0.4, 0.5) is 4.39 Å². The second-order valence-electron chi connectivity index (χ2n) is 7.45. The zero-order valence-electron chi connectivity index (χ0n) is 15.5. The van der Waals surface area contributed by atoms with Crippen molar-refractivity contribution in [2.75, 3.05) is 6.26 Å². The van der Waals surface area contributed by atoms with E-state index in [-0.39, 0.29) is 16.7 Å². The first-order chi connectivity index (χ1) is 12.1. The summed E-state index contributed by atoms with van der Waals surface area (Å²) in [6, 6.07) is 8.48. The highest BCUT2D eigenvalue weighted by molar-refractivity contribution is 7.98. The maximum absolute atomic E-state index is 14.0. The first-order valence-electron chi connectivity index (χ1n) is 8.34. The molecule has 0 saturated heterocycles. The van der Waals surface area contributed by atoms with Gasteiger partial charge in [-0.2, -0.15) is 0 Å². The molecule has 0 saturated carbocycles. The lowest BCUT2D eigenvalue weighted by Gasteiger charge is -2.22. The van der Waals surface area contributed by atoms with E-state index < -0.39 is 0 Å². The minimum absolute atomic E-state index is 0.0675. The summed E-state index contributed by atoms with van der Waals surface area (Å²) in [7, 11) is 0. The van der Waals surface area contributed by atoms with Gasteiger partial charge in [0.05, 0.1) is 21.5 Å². The van der Waals surface area contributed by atoms with Crippen molar-refractivity contribution >= 4 is 34.3 Å². The third kappa shape index (κ3) is 3.28. The standard InChI is InChI=1S/C21H21ClFNOS/c1-11-8-13(21(2,3)4)14(22)9-12(11)17-10-18(25)19-16(24-17)7-6-15(23)20(19)26-5/h6-10H,1-5H3,(H,24,25). The first-order valence-corrected chi connectivity index (χ1v) is 9.94. The van der Waals surface area contributed by atoms with Crippen molar-refractivity contribution in [1.82, 2.24) is 4.98 Å².